The first-order valence-corrected chi connectivity index (χ1v) is 14.1. The maximum absolute atomic E-state index is 5.16. The summed E-state index contributed by atoms with van der Waals surface area (Å²) in [5.74, 6) is 0.719. The van der Waals surface area contributed by atoms with Crippen molar-refractivity contribution in [2.75, 3.05) is 0 Å². The zero-order valence-corrected chi connectivity index (χ0v) is 22.8. The van der Waals surface area contributed by atoms with Crippen LogP contribution in [0, 0.1) is 0 Å². The topological polar surface area (TPSA) is 38.7 Å². The van der Waals surface area contributed by atoms with Crippen LogP contribution in [0.1, 0.15) is 0 Å². The lowest BCUT2D eigenvalue weighted by Gasteiger charge is -2.12. The van der Waals surface area contributed by atoms with Crippen LogP contribution in [0.15, 0.2) is 152 Å². The zero-order valence-electron chi connectivity index (χ0n) is 22.8. The molecular formula is C39H25N3. The highest BCUT2D eigenvalue weighted by molar-refractivity contribution is 6.10. The first-order chi connectivity index (χ1) is 20.8. The van der Waals surface area contributed by atoms with Crippen molar-refractivity contribution in [3.63, 3.8) is 0 Å². The minimum atomic E-state index is 0.719. The molecule has 0 saturated heterocycles. The van der Waals surface area contributed by atoms with Crippen molar-refractivity contribution in [2.24, 2.45) is 0 Å². The second-order valence-electron chi connectivity index (χ2n) is 10.5. The fourth-order valence-corrected chi connectivity index (χ4v) is 5.71. The van der Waals surface area contributed by atoms with Crippen LogP contribution in [0.4, 0.5) is 0 Å². The summed E-state index contributed by atoms with van der Waals surface area (Å²) >= 11 is 0. The zero-order chi connectivity index (χ0) is 27.9. The van der Waals surface area contributed by atoms with Gasteiger partial charge in [-0.3, -0.25) is 0 Å². The SMILES string of the molecule is c1ccc(-c2nc(-c3ccccc3)c3ccc4ccc(-c5cccc(-c6ccc7ccccc7c6)n5)cc4c3n2)cc1. The average molecular weight is 536 g/mol. The van der Waals surface area contributed by atoms with Gasteiger partial charge in [-0.1, -0.05) is 121 Å². The molecule has 3 heteroatoms. The molecule has 42 heavy (non-hydrogen) atoms. The quantitative estimate of drug-likeness (QED) is 0.211. The summed E-state index contributed by atoms with van der Waals surface area (Å²) in [6, 6.07) is 52.6. The number of hydrogen-bond acceptors (Lipinski definition) is 3. The van der Waals surface area contributed by atoms with E-state index in [4.69, 9.17) is 15.0 Å². The molecule has 2 aromatic heterocycles. The molecular weight excluding hydrogens is 510 g/mol. The van der Waals surface area contributed by atoms with E-state index in [0.29, 0.717) is 0 Å². The molecule has 0 atom stereocenters. The Hall–Kier alpha value is -5.67. The smallest absolute Gasteiger partial charge is 0.160 e. The molecule has 0 saturated carbocycles. The van der Waals surface area contributed by atoms with E-state index in [2.05, 4.69) is 127 Å². The van der Waals surface area contributed by atoms with E-state index in [0.717, 1.165) is 66.8 Å². The minimum absolute atomic E-state index is 0.719. The van der Waals surface area contributed by atoms with Crippen LogP contribution in [-0.4, -0.2) is 15.0 Å². The molecule has 6 aromatic carbocycles. The summed E-state index contributed by atoms with van der Waals surface area (Å²) in [5, 5.41) is 5.68. The summed E-state index contributed by atoms with van der Waals surface area (Å²) in [6.07, 6.45) is 0. The molecule has 0 fully saturated rings. The monoisotopic (exact) mass is 535 g/mol. The molecule has 2 heterocycles. The Labute approximate surface area is 243 Å². The third-order valence-electron chi connectivity index (χ3n) is 7.85. The maximum atomic E-state index is 5.16. The Bertz CT molecular complexity index is 2240. The van der Waals surface area contributed by atoms with E-state index in [1.54, 1.807) is 0 Å². The van der Waals surface area contributed by atoms with E-state index in [1.165, 1.54) is 10.8 Å². The van der Waals surface area contributed by atoms with E-state index in [-0.39, 0.29) is 0 Å². The molecule has 0 spiro atoms. The molecule has 0 amide bonds. The van der Waals surface area contributed by atoms with Crippen molar-refractivity contribution < 1.29 is 0 Å². The number of hydrogen-bond donors (Lipinski definition) is 0. The number of benzene rings is 6. The molecule has 0 N–H and O–H groups in total. The van der Waals surface area contributed by atoms with Gasteiger partial charge in [0.1, 0.15) is 0 Å². The van der Waals surface area contributed by atoms with Gasteiger partial charge in [-0.05, 0) is 46.5 Å². The van der Waals surface area contributed by atoms with Gasteiger partial charge in [0.2, 0.25) is 0 Å². The van der Waals surface area contributed by atoms with Gasteiger partial charge >= 0.3 is 0 Å². The summed E-state index contributed by atoms with van der Waals surface area (Å²) < 4.78 is 0. The first kappa shape index (κ1) is 24.2. The average Bonchev–Trinajstić information content (AvgIpc) is 3.08. The first-order valence-electron chi connectivity index (χ1n) is 14.1. The highest BCUT2D eigenvalue weighted by Crippen LogP contribution is 2.35. The van der Waals surface area contributed by atoms with Gasteiger partial charge in [-0.15, -0.1) is 0 Å². The van der Waals surface area contributed by atoms with E-state index >= 15 is 0 Å². The predicted molar refractivity (Wildman–Crippen MR) is 174 cm³/mol. The lowest BCUT2D eigenvalue weighted by Crippen LogP contribution is -1.96. The Morgan fingerprint density at radius 2 is 0.952 bits per heavy atom. The van der Waals surface area contributed by atoms with Crippen LogP contribution in [0.5, 0.6) is 0 Å². The lowest BCUT2D eigenvalue weighted by molar-refractivity contribution is 1.23. The molecule has 3 nitrogen and oxygen atoms in total. The molecule has 0 radical (unpaired) electrons. The van der Waals surface area contributed by atoms with Gasteiger partial charge in [0.25, 0.3) is 0 Å². The van der Waals surface area contributed by atoms with Crippen molar-refractivity contribution in [1.82, 2.24) is 15.0 Å². The van der Waals surface area contributed by atoms with Crippen LogP contribution in [0.3, 0.4) is 0 Å². The Morgan fingerprint density at radius 1 is 0.333 bits per heavy atom. The van der Waals surface area contributed by atoms with Gasteiger partial charge in [0.15, 0.2) is 5.82 Å². The maximum Gasteiger partial charge on any atom is 0.160 e. The predicted octanol–water partition coefficient (Wildman–Crippen LogP) is 10.00. The van der Waals surface area contributed by atoms with Crippen LogP contribution in [0.2, 0.25) is 0 Å². The van der Waals surface area contributed by atoms with Crippen LogP contribution < -0.4 is 0 Å². The van der Waals surface area contributed by atoms with Crippen LogP contribution in [0.25, 0.3) is 77.6 Å². The Balaban J connectivity index is 1.31. The standard InChI is InChI=1S/C39H25N3/c1-3-11-28(12-4-1)37-33-23-22-27-19-21-32(25-34(27)38(33)42-39(41-37)29-13-5-2-6-14-29)36-17-9-16-35(40-36)31-20-18-26-10-7-8-15-30(26)24-31/h1-25H. The van der Waals surface area contributed by atoms with Crippen molar-refractivity contribution in [2.45, 2.75) is 0 Å². The van der Waals surface area contributed by atoms with E-state index < -0.39 is 0 Å². The number of fused-ring (bicyclic) bond motifs is 4. The van der Waals surface area contributed by atoms with Crippen LogP contribution in [-0.2, 0) is 0 Å². The highest BCUT2D eigenvalue weighted by Gasteiger charge is 2.15. The molecule has 0 aliphatic carbocycles. The van der Waals surface area contributed by atoms with Crippen LogP contribution >= 0.6 is 0 Å². The summed E-state index contributed by atoms with van der Waals surface area (Å²) in [7, 11) is 0. The highest BCUT2D eigenvalue weighted by atomic mass is 14.9. The third kappa shape index (κ3) is 4.29. The van der Waals surface area contributed by atoms with Crippen molar-refractivity contribution in [3.05, 3.63) is 152 Å². The molecule has 0 unspecified atom stereocenters. The largest absolute Gasteiger partial charge is 0.248 e. The molecule has 0 aliphatic rings. The summed E-state index contributed by atoms with van der Waals surface area (Å²) in [6.45, 7) is 0. The molecule has 0 bridgehead atoms. The van der Waals surface area contributed by atoms with Gasteiger partial charge in [0, 0.05) is 33.0 Å². The second kappa shape index (κ2) is 10.1. The van der Waals surface area contributed by atoms with Gasteiger partial charge in [0.05, 0.1) is 22.6 Å². The minimum Gasteiger partial charge on any atom is -0.248 e. The third-order valence-corrected chi connectivity index (χ3v) is 7.85. The molecule has 196 valence electrons. The lowest BCUT2D eigenvalue weighted by atomic mass is 9.98. The fraction of sp³-hybridized carbons (Fsp3) is 0. The van der Waals surface area contributed by atoms with E-state index in [9.17, 15) is 0 Å². The number of rotatable bonds is 4. The normalized spacial score (nSPS) is 11.3. The molecule has 8 rings (SSSR count). The van der Waals surface area contributed by atoms with E-state index in [1.807, 2.05) is 24.3 Å². The number of nitrogens with zero attached hydrogens (tertiary/aromatic N) is 3. The summed E-state index contributed by atoms with van der Waals surface area (Å²) in [5.41, 5.74) is 7.98. The molecule has 8 aromatic rings. The van der Waals surface area contributed by atoms with Gasteiger partial charge < -0.3 is 0 Å². The van der Waals surface area contributed by atoms with Crippen molar-refractivity contribution in [1.29, 1.82) is 0 Å². The van der Waals surface area contributed by atoms with Crippen molar-refractivity contribution in [3.8, 4) is 45.2 Å². The number of pyridine rings is 1. The summed E-state index contributed by atoms with van der Waals surface area (Å²) in [4.78, 5) is 15.3. The fourth-order valence-electron chi connectivity index (χ4n) is 5.71. The van der Waals surface area contributed by atoms with Gasteiger partial charge in [-0.25, -0.2) is 15.0 Å². The van der Waals surface area contributed by atoms with Gasteiger partial charge in [-0.2, -0.15) is 0 Å². The Kier molecular flexibility index (Phi) is 5.79. The second-order valence-corrected chi connectivity index (χ2v) is 10.5. The Morgan fingerprint density at radius 3 is 1.71 bits per heavy atom. The molecule has 0 aliphatic heterocycles. The number of aromatic nitrogens is 3. The van der Waals surface area contributed by atoms with Crippen molar-refractivity contribution >= 4 is 32.4 Å².